The molecule has 0 spiro atoms. The number of carbonyl (C=O) groups excluding carboxylic acids is 1. The Bertz CT molecular complexity index is 318. The maximum absolute atomic E-state index is 11.5. The van der Waals surface area contributed by atoms with Crippen LogP contribution in [0.5, 0.6) is 0 Å². The van der Waals surface area contributed by atoms with Crippen LogP contribution < -0.4 is 5.73 Å². The number of carbonyl (C=O) groups is 1. The zero-order valence-corrected chi connectivity index (χ0v) is 8.78. The number of hydrogen-bond donors (Lipinski definition) is 1. The molecular weight excluding hydrogens is 180 g/mol. The molecule has 0 fully saturated rings. The summed E-state index contributed by atoms with van der Waals surface area (Å²) in [6.07, 6.45) is 1.62. The number of nitrogens with two attached hydrogens (primary N) is 1. The summed E-state index contributed by atoms with van der Waals surface area (Å²) in [5.41, 5.74) is 6.50. The van der Waals surface area contributed by atoms with E-state index in [4.69, 9.17) is 10.2 Å². The second-order valence-corrected chi connectivity index (χ2v) is 3.49. The molecule has 78 valence electrons. The molecule has 0 bridgehead atoms. The van der Waals surface area contributed by atoms with Crippen LogP contribution in [-0.2, 0) is 11.3 Å². The highest BCUT2D eigenvalue weighted by atomic mass is 16.3. The van der Waals surface area contributed by atoms with Crippen LogP contribution in [0.25, 0.3) is 0 Å². The molecule has 0 radical (unpaired) electrons. The summed E-state index contributed by atoms with van der Waals surface area (Å²) < 4.78 is 5.14. The van der Waals surface area contributed by atoms with E-state index in [1.165, 1.54) is 0 Å². The van der Waals surface area contributed by atoms with Gasteiger partial charge in [-0.1, -0.05) is 0 Å². The lowest BCUT2D eigenvalue weighted by Gasteiger charge is -2.18. The van der Waals surface area contributed by atoms with Gasteiger partial charge in [0.25, 0.3) is 0 Å². The third-order valence-electron chi connectivity index (χ3n) is 2.14. The van der Waals surface area contributed by atoms with Gasteiger partial charge >= 0.3 is 0 Å². The number of nitrogens with zero attached hydrogens (tertiary/aromatic N) is 1. The van der Waals surface area contributed by atoms with Crippen LogP contribution in [0.1, 0.15) is 18.2 Å². The van der Waals surface area contributed by atoms with Crippen LogP contribution >= 0.6 is 0 Å². The predicted octanol–water partition coefficient (Wildman–Crippen LogP) is 0.894. The average molecular weight is 196 g/mol. The first-order valence-corrected chi connectivity index (χ1v) is 4.56. The molecule has 0 unspecified atom stereocenters. The van der Waals surface area contributed by atoms with Crippen molar-refractivity contribution in [3.63, 3.8) is 0 Å². The first-order valence-electron chi connectivity index (χ1n) is 4.56. The van der Waals surface area contributed by atoms with E-state index in [1.807, 2.05) is 13.0 Å². The highest BCUT2D eigenvalue weighted by Crippen LogP contribution is 2.11. The Morgan fingerprint density at radius 3 is 2.79 bits per heavy atom. The minimum absolute atomic E-state index is 0.0643. The largest absolute Gasteiger partial charge is 0.469 e. The monoisotopic (exact) mass is 196 g/mol. The van der Waals surface area contributed by atoms with Crippen molar-refractivity contribution in [2.24, 2.45) is 5.73 Å². The van der Waals surface area contributed by atoms with Crippen LogP contribution in [-0.4, -0.2) is 23.9 Å². The molecule has 4 heteroatoms. The van der Waals surface area contributed by atoms with Crippen molar-refractivity contribution in [3.8, 4) is 0 Å². The maximum Gasteiger partial charge on any atom is 0.239 e. The highest BCUT2D eigenvalue weighted by molar-refractivity contribution is 5.80. The standard InChI is InChI=1S/C10H16N2O2/c1-7(11)10(13)12(3)6-9-4-5-14-8(9)2/h4-5,7H,6,11H2,1-3H3/t7-/m0/s1. The van der Waals surface area contributed by atoms with Crippen LogP contribution in [0, 0.1) is 6.92 Å². The third-order valence-corrected chi connectivity index (χ3v) is 2.14. The van der Waals surface area contributed by atoms with Gasteiger partial charge in [-0.25, -0.2) is 0 Å². The zero-order chi connectivity index (χ0) is 10.7. The van der Waals surface area contributed by atoms with E-state index >= 15 is 0 Å². The van der Waals surface area contributed by atoms with Crippen molar-refractivity contribution in [1.29, 1.82) is 0 Å². The van der Waals surface area contributed by atoms with Crippen molar-refractivity contribution in [2.75, 3.05) is 7.05 Å². The first-order chi connectivity index (χ1) is 6.52. The van der Waals surface area contributed by atoms with E-state index in [2.05, 4.69) is 0 Å². The summed E-state index contributed by atoms with van der Waals surface area (Å²) in [5, 5.41) is 0. The van der Waals surface area contributed by atoms with E-state index < -0.39 is 6.04 Å². The van der Waals surface area contributed by atoms with E-state index in [9.17, 15) is 4.79 Å². The summed E-state index contributed by atoms with van der Waals surface area (Å²) in [5.74, 6) is 0.778. The number of furan rings is 1. The fourth-order valence-corrected chi connectivity index (χ4v) is 1.26. The lowest BCUT2D eigenvalue weighted by molar-refractivity contribution is -0.131. The lowest BCUT2D eigenvalue weighted by atomic mass is 10.2. The molecule has 1 heterocycles. The number of amides is 1. The molecule has 0 aliphatic heterocycles. The molecule has 1 aromatic rings. The highest BCUT2D eigenvalue weighted by Gasteiger charge is 2.14. The number of aryl methyl sites for hydroxylation is 1. The van der Waals surface area contributed by atoms with Crippen LogP contribution in [0.2, 0.25) is 0 Å². The van der Waals surface area contributed by atoms with Gasteiger partial charge < -0.3 is 15.1 Å². The molecule has 0 aliphatic rings. The molecule has 14 heavy (non-hydrogen) atoms. The Labute approximate surface area is 83.7 Å². The van der Waals surface area contributed by atoms with Gasteiger partial charge in [-0.05, 0) is 19.9 Å². The molecule has 0 saturated heterocycles. The van der Waals surface area contributed by atoms with E-state index in [0.29, 0.717) is 6.54 Å². The zero-order valence-electron chi connectivity index (χ0n) is 8.78. The first kappa shape index (κ1) is 10.8. The molecule has 1 rings (SSSR count). The van der Waals surface area contributed by atoms with Crippen LogP contribution in [0.4, 0.5) is 0 Å². The average Bonchev–Trinajstić information content (AvgIpc) is 2.50. The molecule has 1 amide bonds. The quantitative estimate of drug-likeness (QED) is 0.781. The number of rotatable bonds is 3. The summed E-state index contributed by atoms with van der Waals surface area (Å²) in [6.45, 7) is 4.10. The van der Waals surface area contributed by atoms with Crippen LogP contribution in [0.15, 0.2) is 16.7 Å². The molecule has 0 aromatic carbocycles. The van der Waals surface area contributed by atoms with Gasteiger partial charge in [-0.15, -0.1) is 0 Å². The molecule has 2 N–H and O–H groups in total. The summed E-state index contributed by atoms with van der Waals surface area (Å²) in [4.78, 5) is 13.1. The molecular formula is C10H16N2O2. The van der Waals surface area contributed by atoms with Crippen molar-refractivity contribution >= 4 is 5.91 Å². The number of likely N-dealkylation sites (N-methyl/N-ethyl adjacent to an activating group) is 1. The summed E-state index contributed by atoms with van der Waals surface area (Å²) in [7, 11) is 1.73. The van der Waals surface area contributed by atoms with Gasteiger partial charge in [0.2, 0.25) is 5.91 Å². The SMILES string of the molecule is Cc1occc1CN(C)C(=O)[C@H](C)N. The summed E-state index contributed by atoms with van der Waals surface area (Å²) >= 11 is 0. The van der Waals surface area contributed by atoms with Gasteiger partial charge in [0.1, 0.15) is 5.76 Å². The van der Waals surface area contributed by atoms with Gasteiger partial charge in [0.15, 0.2) is 0 Å². The molecule has 1 atom stereocenters. The Balaban J connectivity index is 2.62. The predicted molar refractivity (Wildman–Crippen MR) is 53.6 cm³/mol. The van der Waals surface area contributed by atoms with Gasteiger partial charge in [0, 0.05) is 19.2 Å². The van der Waals surface area contributed by atoms with E-state index in [-0.39, 0.29) is 5.91 Å². The van der Waals surface area contributed by atoms with Crippen molar-refractivity contribution in [1.82, 2.24) is 4.90 Å². The van der Waals surface area contributed by atoms with Gasteiger partial charge in [0.05, 0.1) is 12.3 Å². The molecule has 4 nitrogen and oxygen atoms in total. The van der Waals surface area contributed by atoms with Crippen molar-refractivity contribution < 1.29 is 9.21 Å². The normalized spacial score (nSPS) is 12.6. The molecule has 0 aliphatic carbocycles. The Morgan fingerprint density at radius 1 is 1.71 bits per heavy atom. The smallest absolute Gasteiger partial charge is 0.239 e. The molecule has 0 saturated carbocycles. The van der Waals surface area contributed by atoms with E-state index in [1.54, 1.807) is 25.1 Å². The topological polar surface area (TPSA) is 59.5 Å². The van der Waals surface area contributed by atoms with Gasteiger partial charge in [-0.2, -0.15) is 0 Å². The van der Waals surface area contributed by atoms with Crippen molar-refractivity contribution in [3.05, 3.63) is 23.7 Å². The fourth-order valence-electron chi connectivity index (χ4n) is 1.26. The molecule has 1 aromatic heterocycles. The van der Waals surface area contributed by atoms with Crippen LogP contribution in [0.3, 0.4) is 0 Å². The maximum atomic E-state index is 11.5. The Morgan fingerprint density at radius 2 is 2.36 bits per heavy atom. The van der Waals surface area contributed by atoms with Gasteiger partial charge in [-0.3, -0.25) is 4.79 Å². The minimum Gasteiger partial charge on any atom is -0.469 e. The number of hydrogen-bond acceptors (Lipinski definition) is 3. The minimum atomic E-state index is -0.452. The fraction of sp³-hybridized carbons (Fsp3) is 0.500. The lowest BCUT2D eigenvalue weighted by Crippen LogP contribution is -2.39. The van der Waals surface area contributed by atoms with Crippen molar-refractivity contribution in [2.45, 2.75) is 26.4 Å². The Hall–Kier alpha value is -1.29. The Kier molecular flexibility index (Phi) is 3.30. The summed E-state index contributed by atoms with van der Waals surface area (Å²) in [6, 6.07) is 1.41. The third kappa shape index (κ3) is 2.35. The second-order valence-electron chi connectivity index (χ2n) is 3.49. The van der Waals surface area contributed by atoms with E-state index in [0.717, 1.165) is 11.3 Å². The second kappa shape index (κ2) is 4.28.